The Morgan fingerprint density at radius 1 is 1.17 bits per heavy atom. The minimum Gasteiger partial charge on any atom is -0.337 e. The summed E-state index contributed by atoms with van der Waals surface area (Å²) in [7, 11) is 3.51. The van der Waals surface area contributed by atoms with Crippen molar-refractivity contribution in [1.82, 2.24) is 29.1 Å². The third-order valence-electron chi connectivity index (χ3n) is 5.60. The lowest BCUT2D eigenvalue weighted by atomic mass is 9.92. The minimum atomic E-state index is -0.138. The van der Waals surface area contributed by atoms with Crippen molar-refractivity contribution in [1.29, 1.82) is 0 Å². The molecule has 4 rings (SSSR count). The molecule has 3 aromatic rings. The molecular formula is C20H27N7O2. The average Bonchev–Trinajstić information content (AvgIpc) is 3.26. The predicted molar refractivity (Wildman–Crippen MR) is 111 cm³/mol. The molecule has 9 heteroatoms. The fourth-order valence-corrected chi connectivity index (χ4v) is 3.88. The molecule has 1 fully saturated rings. The van der Waals surface area contributed by atoms with Crippen LogP contribution in [0, 0.1) is 0 Å². The summed E-state index contributed by atoms with van der Waals surface area (Å²) in [6.07, 6.45) is 3.43. The summed E-state index contributed by atoms with van der Waals surface area (Å²) in [6, 6.07) is 3.43. The highest BCUT2D eigenvalue weighted by atomic mass is 16.1. The molecule has 154 valence electrons. The molecule has 0 amide bonds. The molecule has 1 aliphatic heterocycles. The largest absolute Gasteiger partial charge is 0.337 e. The molecule has 0 bridgehead atoms. The summed E-state index contributed by atoms with van der Waals surface area (Å²) >= 11 is 0. The molecule has 0 aliphatic carbocycles. The van der Waals surface area contributed by atoms with Crippen molar-refractivity contribution in [3.63, 3.8) is 0 Å². The molecule has 3 aromatic heterocycles. The predicted octanol–water partition coefficient (Wildman–Crippen LogP) is 1.19. The second kappa shape index (κ2) is 6.82. The molecule has 0 saturated carbocycles. The van der Waals surface area contributed by atoms with Crippen LogP contribution in [0.3, 0.4) is 0 Å². The van der Waals surface area contributed by atoms with Gasteiger partial charge in [-0.25, -0.2) is 4.68 Å². The standard InChI is InChI=1S/C20H27N7O2/c1-20(2,3)15-8-9-16(28)27(23-15)12-13-7-6-10-26(13)19-22-17-14(11-21-25(17)5)18(29)24(19)4/h8-9,11,13H,6-7,10,12H2,1-5H3. The van der Waals surface area contributed by atoms with Crippen molar-refractivity contribution in [2.24, 2.45) is 14.1 Å². The highest BCUT2D eigenvalue weighted by Gasteiger charge is 2.30. The molecule has 0 N–H and O–H groups in total. The van der Waals surface area contributed by atoms with Crippen molar-refractivity contribution >= 4 is 17.0 Å². The normalized spacial score (nSPS) is 17.4. The van der Waals surface area contributed by atoms with Crippen LogP contribution >= 0.6 is 0 Å². The third kappa shape index (κ3) is 3.34. The van der Waals surface area contributed by atoms with Gasteiger partial charge in [-0.3, -0.25) is 18.8 Å². The van der Waals surface area contributed by atoms with Gasteiger partial charge in [-0.15, -0.1) is 0 Å². The first kappa shape index (κ1) is 19.4. The monoisotopic (exact) mass is 397 g/mol. The Balaban J connectivity index is 1.72. The second-order valence-corrected chi connectivity index (χ2v) is 8.76. The van der Waals surface area contributed by atoms with Crippen molar-refractivity contribution < 1.29 is 0 Å². The van der Waals surface area contributed by atoms with Crippen LogP contribution in [0.5, 0.6) is 0 Å². The van der Waals surface area contributed by atoms with Crippen molar-refractivity contribution in [2.45, 2.75) is 51.6 Å². The van der Waals surface area contributed by atoms with E-state index in [9.17, 15) is 9.59 Å². The SMILES string of the molecule is Cn1c(N2CCCC2Cn2nc(C(C)(C)C)ccc2=O)nc2c(cnn2C)c1=O. The Morgan fingerprint density at radius 2 is 1.93 bits per heavy atom. The van der Waals surface area contributed by atoms with Crippen LogP contribution in [0.2, 0.25) is 0 Å². The van der Waals surface area contributed by atoms with E-state index >= 15 is 0 Å². The summed E-state index contributed by atoms with van der Waals surface area (Å²) in [5.74, 6) is 0.605. The van der Waals surface area contributed by atoms with Gasteiger partial charge in [0.2, 0.25) is 5.95 Å². The highest BCUT2D eigenvalue weighted by molar-refractivity contribution is 5.74. The molecule has 0 spiro atoms. The van der Waals surface area contributed by atoms with Gasteiger partial charge in [-0.05, 0) is 18.9 Å². The van der Waals surface area contributed by atoms with Crippen LogP contribution in [-0.2, 0) is 26.1 Å². The molecule has 1 saturated heterocycles. The van der Waals surface area contributed by atoms with Gasteiger partial charge in [0.05, 0.1) is 24.5 Å². The first-order chi connectivity index (χ1) is 13.7. The van der Waals surface area contributed by atoms with E-state index in [1.165, 1.54) is 0 Å². The van der Waals surface area contributed by atoms with E-state index < -0.39 is 0 Å². The summed E-state index contributed by atoms with van der Waals surface area (Å²) in [5, 5.41) is 9.27. The third-order valence-corrected chi connectivity index (χ3v) is 5.60. The minimum absolute atomic E-state index is 0.0409. The quantitative estimate of drug-likeness (QED) is 0.659. The number of anilines is 1. The first-order valence-electron chi connectivity index (χ1n) is 9.91. The Kier molecular flexibility index (Phi) is 4.55. The highest BCUT2D eigenvalue weighted by Crippen LogP contribution is 2.25. The number of aryl methyl sites for hydroxylation is 1. The zero-order valence-corrected chi connectivity index (χ0v) is 17.6. The van der Waals surface area contributed by atoms with Gasteiger partial charge in [0.25, 0.3) is 11.1 Å². The van der Waals surface area contributed by atoms with Crippen LogP contribution in [0.4, 0.5) is 5.95 Å². The molecule has 0 aromatic carbocycles. The van der Waals surface area contributed by atoms with E-state index in [1.807, 2.05) is 0 Å². The summed E-state index contributed by atoms with van der Waals surface area (Å²) < 4.78 is 4.73. The fraction of sp³-hybridized carbons (Fsp3) is 0.550. The lowest BCUT2D eigenvalue weighted by Crippen LogP contribution is -2.40. The molecule has 1 aliphatic rings. The molecule has 1 atom stereocenters. The Hall–Kier alpha value is -2.97. The van der Waals surface area contributed by atoms with Crippen molar-refractivity contribution in [3.8, 4) is 0 Å². The maximum absolute atomic E-state index is 12.8. The van der Waals surface area contributed by atoms with E-state index in [2.05, 4.69) is 35.9 Å². The van der Waals surface area contributed by atoms with E-state index in [1.54, 1.807) is 46.4 Å². The van der Waals surface area contributed by atoms with E-state index in [-0.39, 0.29) is 22.6 Å². The summed E-state index contributed by atoms with van der Waals surface area (Å²) in [4.78, 5) is 32.0. The van der Waals surface area contributed by atoms with Gasteiger partial charge < -0.3 is 4.90 Å². The number of nitrogens with zero attached hydrogens (tertiary/aromatic N) is 7. The number of aromatic nitrogens is 6. The van der Waals surface area contributed by atoms with E-state index in [0.29, 0.717) is 23.5 Å². The molecule has 29 heavy (non-hydrogen) atoms. The molecule has 1 unspecified atom stereocenters. The average molecular weight is 397 g/mol. The molecule has 9 nitrogen and oxygen atoms in total. The number of rotatable bonds is 3. The van der Waals surface area contributed by atoms with Crippen LogP contribution in [-0.4, -0.2) is 41.7 Å². The van der Waals surface area contributed by atoms with Gasteiger partial charge >= 0.3 is 0 Å². The van der Waals surface area contributed by atoms with E-state index in [0.717, 1.165) is 25.1 Å². The molecule has 0 radical (unpaired) electrons. The Labute approximate surface area is 168 Å². The van der Waals surface area contributed by atoms with Gasteiger partial charge in [0, 0.05) is 32.1 Å². The van der Waals surface area contributed by atoms with Crippen LogP contribution in [0.25, 0.3) is 11.0 Å². The smallest absolute Gasteiger partial charge is 0.266 e. The second-order valence-electron chi connectivity index (χ2n) is 8.76. The lowest BCUT2D eigenvalue weighted by Gasteiger charge is -2.27. The van der Waals surface area contributed by atoms with E-state index in [4.69, 9.17) is 4.98 Å². The topological polar surface area (TPSA) is 90.8 Å². The first-order valence-corrected chi connectivity index (χ1v) is 9.91. The fourth-order valence-electron chi connectivity index (χ4n) is 3.88. The Bertz CT molecular complexity index is 1180. The van der Waals surface area contributed by atoms with Crippen molar-refractivity contribution in [3.05, 3.63) is 44.7 Å². The lowest BCUT2D eigenvalue weighted by molar-refractivity contribution is 0.453. The maximum Gasteiger partial charge on any atom is 0.266 e. The zero-order valence-electron chi connectivity index (χ0n) is 17.6. The maximum atomic E-state index is 12.8. The van der Waals surface area contributed by atoms with Gasteiger partial charge in [0.15, 0.2) is 5.65 Å². The number of fused-ring (bicyclic) bond motifs is 1. The van der Waals surface area contributed by atoms with Crippen molar-refractivity contribution in [2.75, 3.05) is 11.4 Å². The number of hydrogen-bond donors (Lipinski definition) is 0. The summed E-state index contributed by atoms with van der Waals surface area (Å²) in [6.45, 7) is 7.47. The zero-order chi connectivity index (χ0) is 20.9. The van der Waals surface area contributed by atoms with Gasteiger partial charge in [-0.1, -0.05) is 20.8 Å². The van der Waals surface area contributed by atoms with Crippen LogP contribution in [0.1, 0.15) is 39.3 Å². The molecular weight excluding hydrogens is 370 g/mol. The summed E-state index contributed by atoms with van der Waals surface area (Å²) in [5.41, 5.74) is 1.07. The number of hydrogen-bond acceptors (Lipinski definition) is 6. The Morgan fingerprint density at radius 3 is 2.66 bits per heavy atom. The van der Waals surface area contributed by atoms with Crippen LogP contribution < -0.4 is 16.0 Å². The van der Waals surface area contributed by atoms with Crippen LogP contribution in [0.15, 0.2) is 27.9 Å². The van der Waals surface area contributed by atoms with Gasteiger partial charge in [-0.2, -0.15) is 15.2 Å². The van der Waals surface area contributed by atoms with Gasteiger partial charge in [0.1, 0.15) is 5.39 Å². The molecule has 4 heterocycles.